The molecule has 0 amide bonds. The van der Waals surface area contributed by atoms with E-state index in [-0.39, 0.29) is 10.6 Å². The number of sulfonamides is 1. The third-order valence-corrected chi connectivity index (χ3v) is 4.90. The molecule has 23 heavy (non-hydrogen) atoms. The quantitative estimate of drug-likeness (QED) is 0.807. The van der Waals surface area contributed by atoms with Gasteiger partial charge in [-0.25, -0.2) is 8.42 Å². The van der Waals surface area contributed by atoms with Gasteiger partial charge < -0.3 is 9.84 Å². The van der Waals surface area contributed by atoms with Gasteiger partial charge in [-0.3, -0.25) is 9.48 Å². The highest BCUT2D eigenvalue weighted by Crippen LogP contribution is 2.22. The molecule has 1 heterocycles. The fourth-order valence-corrected chi connectivity index (χ4v) is 3.75. The first-order valence-electron chi connectivity index (χ1n) is 6.64. The second-order valence-electron chi connectivity index (χ2n) is 4.93. The Labute approximate surface area is 133 Å². The zero-order valence-corrected chi connectivity index (χ0v) is 13.7. The van der Waals surface area contributed by atoms with E-state index in [0.717, 1.165) is 0 Å². The number of carboxylic acid groups (broad SMARTS) is 1. The topological polar surface area (TPSA) is 111 Å². The van der Waals surface area contributed by atoms with Crippen LogP contribution in [0.15, 0.2) is 35.5 Å². The van der Waals surface area contributed by atoms with Gasteiger partial charge in [0.05, 0.1) is 13.3 Å². The normalized spacial score (nSPS) is 12.8. The largest absolute Gasteiger partial charge is 0.497 e. The van der Waals surface area contributed by atoms with Crippen LogP contribution in [0.2, 0.25) is 0 Å². The molecule has 0 saturated heterocycles. The first-order chi connectivity index (χ1) is 10.8. The van der Waals surface area contributed by atoms with E-state index in [1.54, 1.807) is 19.1 Å². The van der Waals surface area contributed by atoms with E-state index in [1.165, 1.54) is 37.2 Å². The number of aryl methyl sites for hydroxylation is 2. The van der Waals surface area contributed by atoms with Crippen molar-refractivity contribution in [2.75, 3.05) is 7.11 Å². The number of hydrogen-bond acceptors (Lipinski definition) is 5. The Morgan fingerprint density at radius 2 is 2.13 bits per heavy atom. The van der Waals surface area contributed by atoms with Crippen LogP contribution >= 0.6 is 0 Å². The van der Waals surface area contributed by atoms with Gasteiger partial charge in [0.1, 0.15) is 11.8 Å². The van der Waals surface area contributed by atoms with Crippen LogP contribution in [-0.2, 0) is 21.9 Å². The van der Waals surface area contributed by atoms with Crippen LogP contribution in [0, 0.1) is 6.92 Å². The van der Waals surface area contributed by atoms with Gasteiger partial charge in [0.25, 0.3) is 10.0 Å². The van der Waals surface area contributed by atoms with E-state index < -0.39 is 22.0 Å². The summed E-state index contributed by atoms with van der Waals surface area (Å²) in [6, 6.07) is 4.78. The van der Waals surface area contributed by atoms with Crippen molar-refractivity contribution in [1.29, 1.82) is 0 Å². The van der Waals surface area contributed by atoms with E-state index in [2.05, 4.69) is 9.82 Å². The van der Waals surface area contributed by atoms with Crippen molar-refractivity contribution in [1.82, 2.24) is 14.5 Å². The highest BCUT2D eigenvalue weighted by atomic mass is 32.2. The molecule has 9 heteroatoms. The highest BCUT2D eigenvalue weighted by molar-refractivity contribution is 7.89. The number of aromatic nitrogens is 2. The lowest BCUT2D eigenvalue weighted by molar-refractivity contribution is -0.139. The number of nitrogens with one attached hydrogen (secondary N) is 1. The number of methoxy groups -OCH3 is 1. The number of carbonyl (C=O) groups is 1. The van der Waals surface area contributed by atoms with Gasteiger partial charge in [-0.2, -0.15) is 9.82 Å². The van der Waals surface area contributed by atoms with E-state index in [4.69, 9.17) is 4.74 Å². The Morgan fingerprint density at radius 1 is 1.43 bits per heavy atom. The number of aliphatic carboxylic acids is 1. The van der Waals surface area contributed by atoms with Crippen molar-refractivity contribution in [3.63, 3.8) is 0 Å². The third-order valence-electron chi connectivity index (χ3n) is 3.26. The van der Waals surface area contributed by atoms with E-state index in [9.17, 15) is 18.3 Å². The summed E-state index contributed by atoms with van der Waals surface area (Å²) in [7, 11) is -1.14. The number of benzene rings is 1. The molecular formula is C14H17N3O5S. The summed E-state index contributed by atoms with van der Waals surface area (Å²) in [4.78, 5) is 11.5. The van der Waals surface area contributed by atoms with Crippen LogP contribution in [0.25, 0.3) is 0 Å². The lowest BCUT2D eigenvalue weighted by atomic mass is 10.1. The molecule has 2 rings (SSSR count). The van der Waals surface area contributed by atoms with E-state index in [0.29, 0.717) is 11.3 Å². The van der Waals surface area contributed by atoms with Gasteiger partial charge in [-0.1, -0.05) is 12.1 Å². The average molecular weight is 339 g/mol. The first-order valence-corrected chi connectivity index (χ1v) is 8.12. The predicted octanol–water partition coefficient (Wildman–Crippen LogP) is 0.841. The molecule has 0 radical (unpaired) electrons. The molecule has 0 saturated carbocycles. The average Bonchev–Trinajstić information content (AvgIpc) is 2.84. The maximum atomic E-state index is 12.5. The summed E-state index contributed by atoms with van der Waals surface area (Å²) in [5, 5.41) is 13.2. The summed E-state index contributed by atoms with van der Waals surface area (Å²) >= 11 is 0. The Morgan fingerprint density at radius 3 is 2.65 bits per heavy atom. The molecule has 0 bridgehead atoms. The summed E-state index contributed by atoms with van der Waals surface area (Å²) in [6.45, 7) is 1.59. The van der Waals surface area contributed by atoms with Crippen LogP contribution in [0.3, 0.4) is 0 Å². The van der Waals surface area contributed by atoms with Crippen molar-refractivity contribution in [2.24, 2.45) is 7.05 Å². The SMILES string of the molecule is COc1cccc(C(NS(=O)(=O)c2c(C)cnn2C)C(=O)O)c1. The second-order valence-corrected chi connectivity index (χ2v) is 6.55. The summed E-state index contributed by atoms with van der Waals surface area (Å²) in [6.07, 6.45) is 1.40. The van der Waals surface area contributed by atoms with Gasteiger partial charge >= 0.3 is 5.97 Å². The molecule has 0 spiro atoms. The lowest BCUT2D eigenvalue weighted by Crippen LogP contribution is -2.35. The minimum absolute atomic E-state index is 0.0772. The minimum atomic E-state index is -4.06. The van der Waals surface area contributed by atoms with Crippen molar-refractivity contribution in [3.05, 3.63) is 41.6 Å². The van der Waals surface area contributed by atoms with Gasteiger partial charge in [-0.15, -0.1) is 0 Å². The monoisotopic (exact) mass is 339 g/mol. The van der Waals surface area contributed by atoms with Gasteiger partial charge in [0.2, 0.25) is 0 Å². The Balaban J connectivity index is 2.42. The molecule has 2 N–H and O–H groups in total. The van der Waals surface area contributed by atoms with Crippen LogP contribution in [0.4, 0.5) is 0 Å². The predicted molar refractivity (Wildman–Crippen MR) is 81.6 cm³/mol. The van der Waals surface area contributed by atoms with Crippen LogP contribution in [0.1, 0.15) is 17.2 Å². The number of rotatable bonds is 6. The van der Waals surface area contributed by atoms with Gasteiger partial charge in [-0.05, 0) is 24.6 Å². The summed E-state index contributed by atoms with van der Waals surface area (Å²) < 4.78 is 33.4. The number of hydrogen-bond donors (Lipinski definition) is 2. The number of carboxylic acids is 1. The summed E-state index contributed by atoms with van der Waals surface area (Å²) in [5.41, 5.74) is 0.690. The fourth-order valence-electron chi connectivity index (χ4n) is 2.22. The minimum Gasteiger partial charge on any atom is -0.497 e. The van der Waals surface area contributed by atoms with Crippen molar-refractivity contribution >= 4 is 16.0 Å². The number of nitrogens with zero attached hydrogens (tertiary/aromatic N) is 2. The molecule has 0 aliphatic carbocycles. The maximum Gasteiger partial charge on any atom is 0.326 e. The molecule has 1 aromatic heterocycles. The second kappa shape index (κ2) is 6.39. The molecule has 0 aliphatic rings. The van der Waals surface area contributed by atoms with Crippen molar-refractivity contribution in [3.8, 4) is 5.75 Å². The van der Waals surface area contributed by atoms with Crippen LogP contribution in [0.5, 0.6) is 5.75 Å². The maximum absolute atomic E-state index is 12.5. The Bertz CT molecular complexity index is 809. The molecule has 2 aromatic rings. The highest BCUT2D eigenvalue weighted by Gasteiger charge is 2.30. The van der Waals surface area contributed by atoms with Gasteiger partial charge in [0.15, 0.2) is 5.03 Å². The molecule has 0 fully saturated rings. The standard InChI is InChI=1S/C14H17N3O5S/c1-9-8-15-17(2)13(9)23(20,21)16-12(14(18)19)10-5-4-6-11(7-10)22-3/h4-8,12,16H,1-3H3,(H,18,19). The molecule has 124 valence electrons. The van der Waals surface area contributed by atoms with Crippen LogP contribution < -0.4 is 9.46 Å². The first kappa shape index (κ1) is 17.0. The fraction of sp³-hybridized carbons (Fsp3) is 0.286. The van der Waals surface area contributed by atoms with Crippen molar-refractivity contribution in [2.45, 2.75) is 18.0 Å². The summed E-state index contributed by atoms with van der Waals surface area (Å²) in [5.74, 6) is -0.883. The lowest BCUT2D eigenvalue weighted by Gasteiger charge is -2.16. The van der Waals surface area contributed by atoms with Gasteiger partial charge in [0, 0.05) is 12.6 Å². The zero-order valence-electron chi connectivity index (χ0n) is 12.8. The number of ether oxygens (including phenoxy) is 1. The Hall–Kier alpha value is -2.39. The van der Waals surface area contributed by atoms with E-state index in [1.807, 2.05) is 0 Å². The molecule has 1 aromatic carbocycles. The van der Waals surface area contributed by atoms with Crippen LogP contribution in [-0.4, -0.2) is 36.4 Å². The zero-order chi connectivity index (χ0) is 17.2. The van der Waals surface area contributed by atoms with E-state index >= 15 is 0 Å². The molecule has 1 unspecified atom stereocenters. The Kier molecular flexibility index (Phi) is 4.71. The molecule has 8 nitrogen and oxygen atoms in total. The van der Waals surface area contributed by atoms with Crippen molar-refractivity contribution < 1.29 is 23.1 Å². The molecule has 1 atom stereocenters. The third kappa shape index (κ3) is 3.51. The smallest absolute Gasteiger partial charge is 0.326 e. The molecule has 0 aliphatic heterocycles. The molecular weight excluding hydrogens is 322 g/mol.